The zero-order valence-corrected chi connectivity index (χ0v) is 16.5. The Morgan fingerprint density at radius 1 is 1.19 bits per heavy atom. The van der Waals surface area contributed by atoms with E-state index in [0.29, 0.717) is 24.8 Å². The molecule has 2 aliphatic rings. The Morgan fingerprint density at radius 3 is 2.69 bits per heavy atom. The fraction of sp³-hybridized carbons (Fsp3) is 0.600. The van der Waals surface area contributed by atoms with Gasteiger partial charge in [0.1, 0.15) is 12.1 Å². The van der Waals surface area contributed by atoms with E-state index in [1.54, 1.807) is 16.7 Å². The number of benzene rings is 1. The molecule has 1 N–H and O–H groups in total. The molecule has 3 rings (SSSR count). The van der Waals surface area contributed by atoms with Crippen molar-refractivity contribution in [3.63, 3.8) is 0 Å². The molecule has 0 bridgehead atoms. The molecule has 0 aromatic heterocycles. The third kappa shape index (κ3) is 4.80. The molecule has 1 aromatic rings. The van der Waals surface area contributed by atoms with Crippen molar-refractivity contribution in [2.24, 2.45) is 5.92 Å². The first kappa shape index (κ1) is 19.2. The van der Waals surface area contributed by atoms with Crippen molar-refractivity contribution < 1.29 is 9.59 Å². The summed E-state index contributed by atoms with van der Waals surface area (Å²) in [6.07, 6.45) is 1.13. The predicted molar refractivity (Wildman–Crippen MR) is 106 cm³/mol. The quantitative estimate of drug-likeness (QED) is 0.792. The summed E-state index contributed by atoms with van der Waals surface area (Å²) >= 11 is 1.70. The van der Waals surface area contributed by atoms with Crippen molar-refractivity contribution in [1.82, 2.24) is 15.1 Å². The van der Waals surface area contributed by atoms with Crippen LogP contribution in [0.2, 0.25) is 0 Å². The minimum Gasteiger partial charge on any atom is -0.342 e. The van der Waals surface area contributed by atoms with Gasteiger partial charge in [0.25, 0.3) is 0 Å². The van der Waals surface area contributed by atoms with Crippen LogP contribution in [0.25, 0.3) is 0 Å². The topological polar surface area (TPSA) is 52.6 Å². The van der Waals surface area contributed by atoms with Gasteiger partial charge in [-0.3, -0.25) is 14.5 Å². The third-order valence-corrected chi connectivity index (χ3v) is 6.19. The number of hydrogen-bond donors (Lipinski definition) is 1. The van der Waals surface area contributed by atoms with Crippen LogP contribution in [-0.2, 0) is 15.3 Å². The lowest BCUT2D eigenvalue weighted by Gasteiger charge is -2.45. The summed E-state index contributed by atoms with van der Waals surface area (Å²) in [6.45, 7) is 7.62. The third-order valence-electron chi connectivity index (χ3n) is 5.08. The summed E-state index contributed by atoms with van der Waals surface area (Å²) in [5, 5.41) is 2.96. The number of rotatable bonds is 7. The van der Waals surface area contributed by atoms with Gasteiger partial charge in [0.15, 0.2) is 0 Å². The molecule has 0 spiro atoms. The number of nitrogens with one attached hydrogen (secondary N) is 1. The van der Waals surface area contributed by atoms with E-state index in [-0.39, 0.29) is 17.9 Å². The van der Waals surface area contributed by atoms with Crippen LogP contribution in [0.15, 0.2) is 30.3 Å². The molecule has 26 heavy (non-hydrogen) atoms. The maximum atomic E-state index is 12.8. The van der Waals surface area contributed by atoms with Gasteiger partial charge in [0, 0.05) is 31.1 Å². The van der Waals surface area contributed by atoms with Crippen LogP contribution in [0.3, 0.4) is 0 Å². The van der Waals surface area contributed by atoms with Gasteiger partial charge in [-0.15, -0.1) is 0 Å². The number of nitrogens with zero attached hydrogens (tertiary/aromatic N) is 2. The maximum absolute atomic E-state index is 12.8. The Hall–Kier alpha value is -1.53. The number of amides is 2. The molecule has 0 saturated carbocycles. The highest BCUT2D eigenvalue weighted by molar-refractivity contribution is 7.98. The molecule has 2 amide bonds. The summed E-state index contributed by atoms with van der Waals surface area (Å²) in [4.78, 5) is 29.5. The van der Waals surface area contributed by atoms with E-state index in [1.165, 1.54) is 5.56 Å². The molecular weight excluding hydrogens is 346 g/mol. The number of piperazine rings is 2. The van der Waals surface area contributed by atoms with Gasteiger partial charge in [0.05, 0.1) is 0 Å². The highest BCUT2D eigenvalue weighted by Gasteiger charge is 2.43. The van der Waals surface area contributed by atoms with E-state index >= 15 is 0 Å². The predicted octanol–water partition coefficient (Wildman–Crippen LogP) is 1.98. The zero-order chi connectivity index (χ0) is 18.5. The Labute approximate surface area is 160 Å². The molecule has 2 heterocycles. The molecule has 2 aliphatic heterocycles. The largest absolute Gasteiger partial charge is 0.342 e. The first-order valence-corrected chi connectivity index (χ1v) is 10.6. The molecule has 2 atom stereocenters. The minimum absolute atomic E-state index is 0.00385. The number of thioether (sulfide) groups is 1. The Bertz CT molecular complexity index is 623. The fourth-order valence-electron chi connectivity index (χ4n) is 3.48. The molecule has 0 aliphatic carbocycles. The monoisotopic (exact) mass is 375 g/mol. The molecule has 2 fully saturated rings. The number of carbonyl (C=O) groups is 2. The van der Waals surface area contributed by atoms with Crippen LogP contribution in [0.4, 0.5) is 0 Å². The molecular formula is C20H29N3O2S. The van der Waals surface area contributed by atoms with Crippen molar-refractivity contribution in [3.8, 4) is 0 Å². The molecule has 142 valence electrons. The van der Waals surface area contributed by atoms with E-state index in [2.05, 4.69) is 36.2 Å². The number of carbonyl (C=O) groups excluding carboxylic acids is 2. The lowest BCUT2D eigenvalue weighted by Crippen LogP contribution is -2.69. The van der Waals surface area contributed by atoms with Crippen molar-refractivity contribution in [2.45, 2.75) is 38.1 Å². The highest BCUT2D eigenvalue weighted by atomic mass is 32.2. The van der Waals surface area contributed by atoms with Crippen LogP contribution in [0, 0.1) is 5.92 Å². The zero-order valence-electron chi connectivity index (χ0n) is 15.7. The second-order valence-corrected chi connectivity index (χ2v) is 8.62. The van der Waals surface area contributed by atoms with Crippen LogP contribution in [0.1, 0.15) is 25.8 Å². The number of fused-ring (bicyclic) bond motifs is 1. The van der Waals surface area contributed by atoms with E-state index in [9.17, 15) is 9.59 Å². The Morgan fingerprint density at radius 2 is 1.96 bits per heavy atom. The van der Waals surface area contributed by atoms with Crippen molar-refractivity contribution in [3.05, 3.63) is 35.9 Å². The Kier molecular flexibility index (Phi) is 6.59. The summed E-state index contributed by atoms with van der Waals surface area (Å²) < 4.78 is 0. The van der Waals surface area contributed by atoms with Gasteiger partial charge < -0.3 is 10.2 Å². The average molecular weight is 376 g/mol. The smallest absolute Gasteiger partial charge is 0.246 e. The molecule has 1 aromatic carbocycles. The van der Waals surface area contributed by atoms with Crippen LogP contribution in [0.5, 0.6) is 0 Å². The van der Waals surface area contributed by atoms with Gasteiger partial charge in [-0.05, 0) is 24.4 Å². The molecule has 2 saturated heterocycles. The lowest BCUT2D eigenvalue weighted by molar-refractivity contribution is -0.152. The van der Waals surface area contributed by atoms with E-state index in [1.807, 2.05) is 18.2 Å². The normalized spacial score (nSPS) is 23.9. The standard InChI is InChI=1S/C20H29N3O2S/c1-15(2)8-9-22-10-11-23-18(12-22)19(24)21-17(20(23)25)14-26-13-16-6-4-3-5-7-16/h3-7,15,17-18H,8-14H2,1-2H3,(H,21,24)/t17-,18+/m0/s1. The first-order valence-electron chi connectivity index (χ1n) is 9.49. The summed E-state index contributed by atoms with van der Waals surface area (Å²) in [5.41, 5.74) is 1.24. The molecule has 0 radical (unpaired) electrons. The summed E-state index contributed by atoms with van der Waals surface area (Å²) in [7, 11) is 0. The van der Waals surface area contributed by atoms with Crippen molar-refractivity contribution in [1.29, 1.82) is 0 Å². The van der Waals surface area contributed by atoms with E-state index in [0.717, 1.165) is 25.3 Å². The second-order valence-electron chi connectivity index (χ2n) is 7.59. The molecule has 0 unspecified atom stereocenters. The lowest BCUT2D eigenvalue weighted by atomic mass is 10.0. The fourth-order valence-corrected chi connectivity index (χ4v) is 4.49. The Balaban J connectivity index is 1.51. The van der Waals surface area contributed by atoms with Crippen LogP contribution < -0.4 is 5.32 Å². The average Bonchev–Trinajstić information content (AvgIpc) is 2.64. The summed E-state index contributed by atoms with van der Waals surface area (Å²) in [6, 6.07) is 9.49. The number of hydrogen-bond acceptors (Lipinski definition) is 4. The van der Waals surface area contributed by atoms with E-state index in [4.69, 9.17) is 0 Å². The second kappa shape index (κ2) is 8.91. The summed E-state index contributed by atoms with van der Waals surface area (Å²) in [5.74, 6) is 2.22. The minimum atomic E-state index is -0.394. The van der Waals surface area contributed by atoms with Gasteiger partial charge in [0.2, 0.25) is 11.8 Å². The van der Waals surface area contributed by atoms with Gasteiger partial charge >= 0.3 is 0 Å². The van der Waals surface area contributed by atoms with Gasteiger partial charge in [-0.1, -0.05) is 44.2 Å². The van der Waals surface area contributed by atoms with Crippen molar-refractivity contribution >= 4 is 23.6 Å². The van der Waals surface area contributed by atoms with Crippen LogP contribution >= 0.6 is 11.8 Å². The SMILES string of the molecule is CC(C)CCN1CCN2C(=O)[C@H](CSCc3ccccc3)NC(=O)[C@H]2C1. The van der Waals surface area contributed by atoms with Crippen molar-refractivity contribution in [2.75, 3.05) is 31.9 Å². The highest BCUT2D eigenvalue weighted by Crippen LogP contribution is 2.20. The van der Waals surface area contributed by atoms with Gasteiger partial charge in [-0.25, -0.2) is 0 Å². The first-order chi connectivity index (χ1) is 12.5. The molecule has 5 nitrogen and oxygen atoms in total. The van der Waals surface area contributed by atoms with Crippen LogP contribution in [-0.4, -0.2) is 65.6 Å². The van der Waals surface area contributed by atoms with E-state index < -0.39 is 6.04 Å². The molecule has 6 heteroatoms. The van der Waals surface area contributed by atoms with Gasteiger partial charge in [-0.2, -0.15) is 11.8 Å². The maximum Gasteiger partial charge on any atom is 0.246 e.